The quantitative estimate of drug-likeness (QED) is 0.598. The summed E-state index contributed by atoms with van der Waals surface area (Å²) in [6.07, 6.45) is 9.56. The molecule has 1 aromatic rings. The molecular formula is C13H21N3O. The lowest BCUT2D eigenvalue weighted by molar-refractivity contribution is 0.00523. The smallest absolute Gasteiger partial charge is 0.0590 e. The minimum atomic E-state index is 0.266. The molecule has 4 nitrogen and oxygen atoms in total. The molecule has 1 fully saturated rings. The summed E-state index contributed by atoms with van der Waals surface area (Å²) < 4.78 is 5.74. The molecule has 2 heterocycles. The highest BCUT2D eigenvalue weighted by molar-refractivity contribution is 5.10. The summed E-state index contributed by atoms with van der Waals surface area (Å²) in [5.74, 6) is 5.61. The fourth-order valence-corrected chi connectivity index (χ4v) is 2.32. The van der Waals surface area contributed by atoms with Gasteiger partial charge in [0.15, 0.2) is 0 Å². The van der Waals surface area contributed by atoms with Gasteiger partial charge in [-0.25, -0.2) is 0 Å². The molecule has 0 saturated carbocycles. The van der Waals surface area contributed by atoms with Crippen LogP contribution in [0, 0.1) is 0 Å². The maximum Gasteiger partial charge on any atom is 0.0590 e. The molecule has 1 saturated heterocycles. The topological polar surface area (TPSA) is 60.2 Å². The van der Waals surface area contributed by atoms with Crippen molar-refractivity contribution < 1.29 is 4.74 Å². The van der Waals surface area contributed by atoms with Crippen LogP contribution in [0.4, 0.5) is 0 Å². The molecule has 1 aliphatic rings. The van der Waals surface area contributed by atoms with Gasteiger partial charge in [-0.1, -0.05) is 6.07 Å². The van der Waals surface area contributed by atoms with Crippen molar-refractivity contribution in [3.63, 3.8) is 0 Å². The van der Waals surface area contributed by atoms with Crippen molar-refractivity contribution in [2.24, 2.45) is 5.84 Å². The second-order valence-electron chi connectivity index (χ2n) is 4.65. The minimum absolute atomic E-state index is 0.266. The van der Waals surface area contributed by atoms with Gasteiger partial charge in [0.25, 0.3) is 0 Å². The van der Waals surface area contributed by atoms with Crippen LogP contribution in [0.3, 0.4) is 0 Å². The van der Waals surface area contributed by atoms with E-state index in [2.05, 4.69) is 16.5 Å². The van der Waals surface area contributed by atoms with E-state index in [4.69, 9.17) is 10.6 Å². The number of hydrogen-bond acceptors (Lipinski definition) is 4. The van der Waals surface area contributed by atoms with E-state index in [1.807, 2.05) is 12.3 Å². The number of nitrogens with two attached hydrogens (primary N) is 1. The number of nitrogens with zero attached hydrogens (tertiary/aromatic N) is 1. The monoisotopic (exact) mass is 235 g/mol. The van der Waals surface area contributed by atoms with Crippen LogP contribution in [-0.2, 0) is 11.2 Å². The third-order valence-electron chi connectivity index (χ3n) is 3.26. The van der Waals surface area contributed by atoms with Crippen LogP contribution in [0.15, 0.2) is 24.5 Å². The van der Waals surface area contributed by atoms with Gasteiger partial charge < -0.3 is 4.74 Å². The van der Waals surface area contributed by atoms with Crippen molar-refractivity contribution in [3.8, 4) is 0 Å². The Morgan fingerprint density at radius 2 is 2.47 bits per heavy atom. The predicted molar refractivity (Wildman–Crippen MR) is 67.3 cm³/mol. The molecule has 0 aromatic carbocycles. The molecule has 0 bridgehead atoms. The Balaban J connectivity index is 1.83. The van der Waals surface area contributed by atoms with Gasteiger partial charge in [0.1, 0.15) is 0 Å². The maximum atomic E-state index is 5.74. The first-order valence-electron chi connectivity index (χ1n) is 6.35. The molecular weight excluding hydrogens is 214 g/mol. The highest BCUT2D eigenvalue weighted by Gasteiger charge is 2.19. The predicted octanol–water partition coefficient (Wildman–Crippen LogP) is 1.42. The summed E-state index contributed by atoms with van der Waals surface area (Å²) in [6, 6.07) is 4.31. The van der Waals surface area contributed by atoms with Gasteiger partial charge in [0.05, 0.1) is 6.10 Å². The lowest BCUT2D eigenvalue weighted by Crippen LogP contribution is -2.40. The standard InChI is InChI=1S/C13H21N3O/c14-16-12(8-11-4-3-6-15-10-11)9-13-5-1-2-7-17-13/h3-4,6,10,12-13,16H,1-2,5,7-9,14H2. The van der Waals surface area contributed by atoms with E-state index in [0.717, 1.165) is 25.9 Å². The largest absolute Gasteiger partial charge is 0.378 e. The van der Waals surface area contributed by atoms with E-state index >= 15 is 0 Å². The summed E-state index contributed by atoms with van der Waals surface area (Å²) in [5.41, 5.74) is 4.10. The van der Waals surface area contributed by atoms with E-state index in [1.165, 1.54) is 18.4 Å². The molecule has 2 unspecified atom stereocenters. The van der Waals surface area contributed by atoms with E-state index in [1.54, 1.807) is 6.20 Å². The Morgan fingerprint density at radius 3 is 3.12 bits per heavy atom. The Hall–Kier alpha value is -0.970. The SMILES string of the molecule is NNC(Cc1cccnc1)CC1CCCCO1. The number of hydrogen-bond donors (Lipinski definition) is 2. The molecule has 3 N–H and O–H groups in total. The normalized spacial score (nSPS) is 22.3. The van der Waals surface area contributed by atoms with Crippen LogP contribution in [0.2, 0.25) is 0 Å². The number of pyridine rings is 1. The fraction of sp³-hybridized carbons (Fsp3) is 0.615. The average molecular weight is 235 g/mol. The molecule has 0 aliphatic carbocycles. The number of nitrogens with one attached hydrogen (secondary N) is 1. The summed E-state index contributed by atoms with van der Waals surface area (Å²) in [5, 5.41) is 0. The van der Waals surface area contributed by atoms with Crippen molar-refractivity contribution in [3.05, 3.63) is 30.1 Å². The van der Waals surface area contributed by atoms with Crippen molar-refractivity contribution in [2.75, 3.05) is 6.61 Å². The van der Waals surface area contributed by atoms with E-state index in [0.29, 0.717) is 6.10 Å². The van der Waals surface area contributed by atoms with Crippen LogP contribution < -0.4 is 11.3 Å². The number of rotatable bonds is 5. The Labute approximate surface area is 103 Å². The third-order valence-corrected chi connectivity index (χ3v) is 3.26. The van der Waals surface area contributed by atoms with Gasteiger partial charge in [-0.15, -0.1) is 0 Å². The van der Waals surface area contributed by atoms with Crippen LogP contribution in [0.25, 0.3) is 0 Å². The van der Waals surface area contributed by atoms with Crippen LogP contribution in [-0.4, -0.2) is 23.7 Å². The fourth-order valence-electron chi connectivity index (χ4n) is 2.32. The second kappa shape index (κ2) is 6.69. The number of aromatic nitrogens is 1. The molecule has 2 atom stereocenters. The van der Waals surface area contributed by atoms with Crippen LogP contribution in [0.5, 0.6) is 0 Å². The Bertz CT molecular complexity index is 312. The highest BCUT2D eigenvalue weighted by Crippen LogP contribution is 2.18. The Kier molecular flexibility index (Phi) is 4.91. The summed E-state index contributed by atoms with van der Waals surface area (Å²) in [7, 11) is 0. The van der Waals surface area contributed by atoms with Gasteiger partial charge in [0, 0.05) is 25.0 Å². The zero-order valence-corrected chi connectivity index (χ0v) is 10.1. The summed E-state index contributed by atoms with van der Waals surface area (Å²) in [4.78, 5) is 4.12. The van der Waals surface area contributed by atoms with Crippen molar-refractivity contribution >= 4 is 0 Å². The van der Waals surface area contributed by atoms with Gasteiger partial charge >= 0.3 is 0 Å². The average Bonchev–Trinajstić information content (AvgIpc) is 2.40. The second-order valence-corrected chi connectivity index (χ2v) is 4.65. The van der Waals surface area contributed by atoms with Gasteiger partial charge in [-0.2, -0.15) is 0 Å². The highest BCUT2D eigenvalue weighted by atomic mass is 16.5. The maximum absolute atomic E-state index is 5.74. The van der Waals surface area contributed by atoms with Gasteiger partial charge in [-0.05, 0) is 43.7 Å². The molecule has 0 spiro atoms. The van der Waals surface area contributed by atoms with Crippen LogP contribution in [0.1, 0.15) is 31.2 Å². The van der Waals surface area contributed by atoms with Gasteiger partial charge in [0.2, 0.25) is 0 Å². The van der Waals surface area contributed by atoms with E-state index in [9.17, 15) is 0 Å². The third kappa shape index (κ3) is 4.07. The van der Waals surface area contributed by atoms with Crippen molar-refractivity contribution in [1.29, 1.82) is 0 Å². The molecule has 4 heteroatoms. The summed E-state index contributed by atoms with van der Waals surface area (Å²) in [6.45, 7) is 0.898. The van der Waals surface area contributed by atoms with Gasteiger partial charge in [-0.3, -0.25) is 16.3 Å². The lowest BCUT2D eigenvalue weighted by Gasteiger charge is -2.26. The summed E-state index contributed by atoms with van der Waals surface area (Å²) >= 11 is 0. The molecule has 1 aromatic heterocycles. The lowest BCUT2D eigenvalue weighted by atomic mass is 9.98. The molecule has 0 radical (unpaired) electrons. The van der Waals surface area contributed by atoms with Crippen molar-refractivity contribution in [1.82, 2.24) is 10.4 Å². The molecule has 2 rings (SSSR count). The molecule has 0 amide bonds. The number of hydrazine groups is 1. The first kappa shape index (κ1) is 12.5. The first-order valence-corrected chi connectivity index (χ1v) is 6.35. The number of ether oxygens (including phenoxy) is 1. The van der Waals surface area contributed by atoms with Crippen molar-refractivity contribution in [2.45, 2.75) is 44.2 Å². The van der Waals surface area contributed by atoms with E-state index < -0.39 is 0 Å². The molecule has 17 heavy (non-hydrogen) atoms. The molecule has 94 valence electrons. The zero-order valence-electron chi connectivity index (χ0n) is 10.1. The van der Waals surface area contributed by atoms with Crippen LogP contribution >= 0.6 is 0 Å². The first-order chi connectivity index (χ1) is 8.38. The minimum Gasteiger partial charge on any atom is -0.378 e. The zero-order chi connectivity index (χ0) is 11.9. The van der Waals surface area contributed by atoms with E-state index in [-0.39, 0.29) is 6.04 Å². The molecule has 1 aliphatic heterocycles. The Morgan fingerprint density at radius 1 is 1.53 bits per heavy atom.